The molecule has 3 rings (SSSR count). The minimum absolute atomic E-state index is 0.00249. The van der Waals surface area contributed by atoms with E-state index in [0.717, 1.165) is 24.0 Å². The zero-order valence-electron chi connectivity index (χ0n) is 11.9. The zero-order valence-corrected chi connectivity index (χ0v) is 11.9. The van der Waals surface area contributed by atoms with Crippen molar-refractivity contribution in [3.63, 3.8) is 0 Å². The number of carbonyl (C=O) groups excluding carboxylic acids is 1. The molecule has 2 aromatic rings. The number of hydrogen-bond donors (Lipinski definition) is 2. The smallest absolute Gasteiger partial charge is 0.241 e. The maximum Gasteiger partial charge on any atom is 0.241 e. The van der Waals surface area contributed by atoms with Crippen LogP contribution in [0, 0.1) is 0 Å². The lowest BCUT2D eigenvalue weighted by Gasteiger charge is -2.05. The van der Waals surface area contributed by atoms with Crippen LogP contribution >= 0.6 is 0 Å². The summed E-state index contributed by atoms with van der Waals surface area (Å²) in [5.41, 5.74) is 8.30. The van der Waals surface area contributed by atoms with Gasteiger partial charge < -0.3 is 15.8 Å². The summed E-state index contributed by atoms with van der Waals surface area (Å²) >= 11 is 0. The van der Waals surface area contributed by atoms with Crippen LogP contribution in [0.2, 0.25) is 0 Å². The Balaban J connectivity index is 1.74. The van der Waals surface area contributed by atoms with Crippen LogP contribution in [0.4, 0.5) is 5.69 Å². The van der Waals surface area contributed by atoms with Crippen LogP contribution in [-0.4, -0.2) is 28.8 Å². The molecule has 1 saturated carbocycles. The van der Waals surface area contributed by atoms with Gasteiger partial charge in [0, 0.05) is 29.6 Å². The van der Waals surface area contributed by atoms with Crippen molar-refractivity contribution in [1.82, 2.24) is 15.1 Å². The Morgan fingerprint density at radius 1 is 1.43 bits per heavy atom. The summed E-state index contributed by atoms with van der Waals surface area (Å²) < 4.78 is 6.84. The normalized spacial score (nSPS) is 14.0. The lowest BCUT2D eigenvalue weighted by molar-refractivity contribution is -0.122. The van der Waals surface area contributed by atoms with Gasteiger partial charge in [-0.15, -0.1) is 0 Å². The molecule has 1 amide bonds. The van der Waals surface area contributed by atoms with E-state index in [9.17, 15) is 4.79 Å². The Bertz CT molecular complexity index is 661. The van der Waals surface area contributed by atoms with Crippen molar-refractivity contribution < 1.29 is 9.53 Å². The van der Waals surface area contributed by atoms with Crippen molar-refractivity contribution >= 4 is 11.6 Å². The van der Waals surface area contributed by atoms with Crippen LogP contribution in [-0.2, 0) is 11.3 Å². The number of anilines is 1. The van der Waals surface area contributed by atoms with Crippen LogP contribution < -0.4 is 15.8 Å². The molecule has 1 aromatic carbocycles. The molecule has 0 aliphatic heterocycles. The van der Waals surface area contributed by atoms with E-state index >= 15 is 0 Å². The fourth-order valence-corrected chi connectivity index (χ4v) is 2.15. The number of nitrogens with one attached hydrogen (secondary N) is 1. The number of rotatable bonds is 5. The van der Waals surface area contributed by atoms with E-state index < -0.39 is 0 Å². The van der Waals surface area contributed by atoms with Gasteiger partial charge in [-0.05, 0) is 30.5 Å². The maximum atomic E-state index is 11.8. The van der Waals surface area contributed by atoms with Gasteiger partial charge in [-0.2, -0.15) is 5.10 Å². The third-order valence-corrected chi connectivity index (χ3v) is 3.38. The fraction of sp³-hybridized carbons (Fsp3) is 0.333. The molecule has 1 aliphatic rings. The van der Waals surface area contributed by atoms with E-state index in [0.29, 0.717) is 17.5 Å². The monoisotopic (exact) mass is 286 g/mol. The summed E-state index contributed by atoms with van der Waals surface area (Å²) in [7, 11) is 1.60. The SMILES string of the molecule is COc1cc(N)cc(-c2cnn(CC(=O)NC3CC3)c2)c1. The van der Waals surface area contributed by atoms with Gasteiger partial charge in [0.2, 0.25) is 5.91 Å². The van der Waals surface area contributed by atoms with E-state index in [-0.39, 0.29) is 12.5 Å². The number of amides is 1. The van der Waals surface area contributed by atoms with Gasteiger partial charge in [-0.25, -0.2) is 0 Å². The van der Waals surface area contributed by atoms with Crippen molar-refractivity contribution in [3.05, 3.63) is 30.6 Å². The predicted octanol–water partition coefficient (Wildman–Crippen LogP) is 1.42. The first kappa shape index (κ1) is 13.5. The second-order valence-electron chi connectivity index (χ2n) is 5.26. The van der Waals surface area contributed by atoms with Gasteiger partial charge in [0.05, 0.1) is 13.3 Å². The highest BCUT2D eigenvalue weighted by atomic mass is 16.5. The van der Waals surface area contributed by atoms with E-state index in [1.54, 1.807) is 24.1 Å². The largest absolute Gasteiger partial charge is 0.497 e. The number of ether oxygens (including phenoxy) is 1. The Morgan fingerprint density at radius 2 is 2.24 bits per heavy atom. The predicted molar refractivity (Wildman–Crippen MR) is 79.8 cm³/mol. The number of nitrogen functional groups attached to an aromatic ring is 1. The van der Waals surface area contributed by atoms with Gasteiger partial charge >= 0.3 is 0 Å². The van der Waals surface area contributed by atoms with Crippen LogP contribution in [0.1, 0.15) is 12.8 Å². The zero-order chi connectivity index (χ0) is 14.8. The average molecular weight is 286 g/mol. The fourth-order valence-electron chi connectivity index (χ4n) is 2.15. The molecule has 21 heavy (non-hydrogen) atoms. The average Bonchev–Trinajstić information content (AvgIpc) is 3.13. The van der Waals surface area contributed by atoms with Crippen molar-refractivity contribution in [1.29, 1.82) is 0 Å². The molecule has 1 fully saturated rings. The van der Waals surface area contributed by atoms with Crippen molar-refractivity contribution in [2.24, 2.45) is 0 Å². The Kier molecular flexibility index (Phi) is 3.51. The quantitative estimate of drug-likeness (QED) is 0.814. The highest BCUT2D eigenvalue weighted by Crippen LogP contribution is 2.26. The molecule has 0 bridgehead atoms. The van der Waals surface area contributed by atoms with Gasteiger partial charge in [0.25, 0.3) is 0 Å². The summed E-state index contributed by atoms with van der Waals surface area (Å²) in [6.45, 7) is 0.232. The first-order valence-corrected chi connectivity index (χ1v) is 6.91. The van der Waals surface area contributed by atoms with Crippen LogP contribution in [0.5, 0.6) is 5.75 Å². The number of aromatic nitrogens is 2. The summed E-state index contributed by atoms with van der Waals surface area (Å²) in [6.07, 6.45) is 5.72. The Hall–Kier alpha value is -2.50. The number of nitrogens with zero attached hydrogens (tertiary/aromatic N) is 2. The highest BCUT2D eigenvalue weighted by Gasteiger charge is 2.23. The van der Waals surface area contributed by atoms with Gasteiger partial charge in [-0.3, -0.25) is 9.48 Å². The second kappa shape index (κ2) is 5.47. The maximum absolute atomic E-state index is 11.8. The first-order valence-electron chi connectivity index (χ1n) is 6.91. The van der Waals surface area contributed by atoms with Crippen molar-refractivity contribution in [2.75, 3.05) is 12.8 Å². The van der Waals surface area contributed by atoms with E-state index in [1.807, 2.05) is 18.3 Å². The van der Waals surface area contributed by atoms with E-state index in [1.165, 1.54) is 0 Å². The van der Waals surface area contributed by atoms with Gasteiger partial charge in [-0.1, -0.05) is 0 Å². The number of nitrogens with two attached hydrogens (primary N) is 1. The Labute approximate surface area is 122 Å². The summed E-state index contributed by atoms with van der Waals surface area (Å²) in [4.78, 5) is 11.8. The molecule has 1 aromatic heterocycles. The Morgan fingerprint density at radius 3 is 2.95 bits per heavy atom. The molecule has 0 saturated heterocycles. The minimum atomic E-state index is -0.00249. The molecule has 3 N–H and O–H groups in total. The van der Waals surface area contributed by atoms with Gasteiger partial charge in [0.1, 0.15) is 12.3 Å². The number of benzene rings is 1. The van der Waals surface area contributed by atoms with Crippen LogP contribution in [0.15, 0.2) is 30.6 Å². The highest BCUT2D eigenvalue weighted by molar-refractivity contribution is 5.76. The number of methoxy groups -OCH3 is 1. The van der Waals surface area contributed by atoms with Crippen LogP contribution in [0.3, 0.4) is 0 Å². The topological polar surface area (TPSA) is 82.2 Å². The molecule has 0 radical (unpaired) electrons. The summed E-state index contributed by atoms with van der Waals surface area (Å²) in [5.74, 6) is 0.696. The minimum Gasteiger partial charge on any atom is -0.497 e. The summed E-state index contributed by atoms with van der Waals surface area (Å²) in [5, 5.41) is 7.16. The molecule has 6 nitrogen and oxygen atoms in total. The molecule has 0 unspecified atom stereocenters. The number of carbonyl (C=O) groups is 1. The van der Waals surface area contributed by atoms with Crippen LogP contribution in [0.25, 0.3) is 11.1 Å². The van der Waals surface area contributed by atoms with Crippen molar-refractivity contribution in [2.45, 2.75) is 25.4 Å². The first-order chi connectivity index (χ1) is 10.1. The molecule has 1 heterocycles. The molecule has 1 aliphatic carbocycles. The molecule has 0 atom stereocenters. The third-order valence-electron chi connectivity index (χ3n) is 3.38. The van der Waals surface area contributed by atoms with E-state index in [2.05, 4.69) is 10.4 Å². The van der Waals surface area contributed by atoms with Gasteiger partial charge in [0.15, 0.2) is 0 Å². The lowest BCUT2D eigenvalue weighted by atomic mass is 10.1. The molecule has 110 valence electrons. The molecular weight excluding hydrogens is 268 g/mol. The molecule has 6 heteroatoms. The molecular formula is C15H18N4O2. The third kappa shape index (κ3) is 3.34. The van der Waals surface area contributed by atoms with E-state index in [4.69, 9.17) is 10.5 Å². The second-order valence-corrected chi connectivity index (χ2v) is 5.26. The summed E-state index contributed by atoms with van der Waals surface area (Å²) in [6, 6.07) is 5.87. The van der Waals surface area contributed by atoms with Crippen molar-refractivity contribution in [3.8, 4) is 16.9 Å². The molecule has 0 spiro atoms. The number of hydrogen-bond acceptors (Lipinski definition) is 4. The standard InChI is InChI=1S/C15H18N4O2/c1-21-14-5-10(4-12(16)6-14)11-7-17-19(8-11)9-15(20)18-13-2-3-13/h4-8,13H,2-3,9,16H2,1H3,(H,18,20). The lowest BCUT2D eigenvalue weighted by Crippen LogP contribution is -2.29.